The highest BCUT2D eigenvalue weighted by molar-refractivity contribution is 4.84. The molecule has 16 heavy (non-hydrogen) atoms. The molecule has 0 spiro atoms. The van der Waals surface area contributed by atoms with E-state index in [9.17, 15) is 0 Å². The minimum Gasteiger partial charge on any atom is -0.374 e. The molecule has 0 bridgehead atoms. The topological polar surface area (TPSA) is 38.5 Å². The second-order valence-corrected chi connectivity index (χ2v) is 5.41. The van der Waals surface area contributed by atoms with E-state index in [-0.39, 0.29) is 12.1 Å². The average Bonchev–Trinajstić information content (AvgIpc) is 2.24. The number of hydrogen-bond donors (Lipinski definition) is 1. The second kappa shape index (κ2) is 5.99. The van der Waals surface area contributed by atoms with Gasteiger partial charge in [-0.05, 0) is 25.3 Å². The van der Waals surface area contributed by atoms with Gasteiger partial charge in [0.2, 0.25) is 0 Å². The summed E-state index contributed by atoms with van der Waals surface area (Å²) in [5.41, 5.74) is 6.27. The van der Waals surface area contributed by atoms with E-state index in [0.29, 0.717) is 0 Å². The van der Waals surface area contributed by atoms with E-state index < -0.39 is 0 Å². The third-order valence-corrected chi connectivity index (χ3v) is 4.03. The number of nitrogens with zero attached hydrogens (tertiary/aromatic N) is 1. The van der Waals surface area contributed by atoms with Crippen LogP contribution in [0.5, 0.6) is 0 Å². The fourth-order valence-electron chi connectivity index (χ4n) is 2.78. The van der Waals surface area contributed by atoms with E-state index >= 15 is 0 Å². The van der Waals surface area contributed by atoms with Crippen LogP contribution in [0.15, 0.2) is 0 Å². The number of rotatable bonds is 5. The van der Waals surface area contributed by atoms with Gasteiger partial charge in [0.25, 0.3) is 0 Å². The lowest BCUT2D eigenvalue weighted by molar-refractivity contribution is -0.0450. The molecule has 1 heterocycles. The molecule has 94 valence electrons. The summed E-state index contributed by atoms with van der Waals surface area (Å²) in [4.78, 5) is 2.49. The monoisotopic (exact) mass is 226 g/mol. The Hall–Kier alpha value is -0.120. The predicted octanol–water partition coefficient (Wildman–Crippen LogP) is 1.61. The minimum absolute atomic E-state index is 0.255. The molecule has 3 heteroatoms. The smallest absolute Gasteiger partial charge is 0.0853 e. The van der Waals surface area contributed by atoms with Crippen LogP contribution in [0.3, 0.4) is 0 Å². The van der Waals surface area contributed by atoms with E-state index in [1.807, 2.05) is 0 Å². The molecule has 2 rings (SSSR count). The Morgan fingerprint density at radius 1 is 1.44 bits per heavy atom. The van der Waals surface area contributed by atoms with Crippen molar-refractivity contribution in [1.82, 2.24) is 4.90 Å². The maximum absolute atomic E-state index is 6.27. The van der Waals surface area contributed by atoms with Gasteiger partial charge in [-0.25, -0.2) is 0 Å². The molecule has 1 saturated carbocycles. The summed E-state index contributed by atoms with van der Waals surface area (Å²) in [5, 5.41) is 0. The summed E-state index contributed by atoms with van der Waals surface area (Å²) in [5.74, 6) is 0.889. The van der Waals surface area contributed by atoms with Crippen molar-refractivity contribution >= 4 is 0 Å². The van der Waals surface area contributed by atoms with Crippen molar-refractivity contribution in [2.24, 2.45) is 11.7 Å². The zero-order chi connectivity index (χ0) is 11.4. The highest BCUT2D eigenvalue weighted by Gasteiger charge is 2.29. The lowest BCUT2D eigenvalue weighted by Gasteiger charge is -2.37. The fraction of sp³-hybridized carbons (Fsp3) is 1.00. The lowest BCUT2D eigenvalue weighted by atomic mass is 9.80. The van der Waals surface area contributed by atoms with Gasteiger partial charge < -0.3 is 10.5 Å². The standard InChI is InChI=1S/C13H26N2O/c1-2-6-15-7-8-16-13(10-15)12(14)9-11-4-3-5-11/h11-13H,2-10,14H2,1H3. The van der Waals surface area contributed by atoms with Crippen LogP contribution in [0.1, 0.15) is 39.0 Å². The van der Waals surface area contributed by atoms with Gasteiger partial charge >= 0.3 is 0 Å². The van der Waals surface area contributed by atoms with Crippen LogP contribution in [-0.2, 0) is 4.74 Å². The maximum Gasteiger partial charge on any atom is 0.0853 e. The molecule has 3 nitrogen and oxygen atoms in total. The van der Waals surface area contributed by atoms with Crippen molar-refractivity contribution in [3.8, 4) is 0 Å². The first-order valence-electron chi connectivity index (χ1n) is 6.89. The summed E-state index contributed by atoms with van der Waals surface area (Å²) < 4.78 is 5.82. The van der Waals surface area contributed by atoms with E-state index in [2.05, 4.69) is 11.8 Å². The van der Waals surface area contributed by atoms with Gasteiger partial charge in [0.1, 0.15) is 0 Å². The van der Waals surface area contributed by atoms with Crippen LogP contribution < -0.4 is 5.73 Å². The summed E-state index contributed by atoms with van der Waals surface area (Å²) in [7, 11) is 0. The number of morpholine rings is 1. The van der Waals surface area contributed by atoms with Crippen molar-refractivity contribution in [3.63, 3.8) is 0 Å². The summed E-state index contributed by atoms with van der Waals surface area (Å²) in [6.45, 7) is 6.42. The minimum atomic E-state index is 0.255. The van der Waals surface area contributed by atoms with Crippen LogP contribution in [0.2, 0.25) is 0 Å². The maximum atomic E-state index is 6.27. The first kappa shape index (κ1) is 12.3. The first-order chi connectivity index (χ1) is 7.79. The van der Waals surface area contributed by atoms with Gasteiger partial charge in [-0.15, -0.1) is 0 Å². The Labute approximate surface area is 99.3 Å². The van der Waals surface area contributed by atoms with Crippen LogP contribution in [0, 0.1) is 5.92 Å². The van der Waals surface area contributed by atoms with Gasteiger partial charge in [-0.2, -0.15) is 0 Å². The first-order valence-corrected chi connectivity index (χ1v) is 6.89. The Kier molecular flexibility index (Phi) is 4.62. The van der Waals surface area contributed by atoms with Gasteiger partial charge in [0.05, 0.1) is 12.7 Å². The van der Waals surface area contributed by atoms with E-state index in [0.717, 1.165) is 25.6 Å². The van der Waals surface area contributed by atoms with Crippen molar-refractivity contribution < 1.29 is 4.74 Å². The fourth-order valence-corrected chi connectivity index (χ4v) is 2.78. The van der Waals surface area contributed by atoms with E-state index in [4.69, 9.17) is 10.5 Å². The molecule has 1 aliphatic heterocycles. The number of hydrogen-bond acceptors (Lipinski definition) is 3. The van der Waals surface area contributed by atoms with E-state index in [1.54, 1.807) is 0 Å². The quantitative estimate of drug-likeness (QED) is 0.774. The largest absolute Gasteiger partial charge is 0.374 e. The van der Waals surface area contributed by atoms with Gasteiger partial charge in [-0.3, -0.25) is 4.90 Å². The summed E-state index contributed by atoms with van der Waals surface area (Å²) in [6, 6.07) is 0.255. The molecule has 0 amide bonds. The van der Waals surface area contributed by atoms with Crippen LogP contribution in [0.4, 0.5) is 0 Å². The highest BCUT2D eigenvalue weighted by Crippen LogP contribution is 2.31. The number of ether oxygens (including phenoxy) is 1. The second-order valence-electron chi connectivity index (χ2n) is 5.41. The molecule has 0 aromatic carbocycles. The van der Waals surface area contributed by atoms with Crippen molar-refractivity contribution in [2.45, 2.75) is 51.2 Å². The van der Waals surface area contributed by atoms with Crippen LogP contribution >= 0.6 is 0 Å². The molecule has 0 radical (unpaired) electrons. The van der Waals surface area contributed by atoms with Crippen molar-refractivity contribution in [2.75, 3.05) is 26.2 Å². The molecule has 0 aromatic heterocycles. The number of nitrogens with two attached hydrogens (primary N) is 1. The van der Waals surface area contributed by atoms with Gasteiger partial charge in [-0.1, -0.05) is 26.2 Å². The normalized spacial score (nSPS) is 30.0. The Balaban J connectivity index is 1.73. The average molecular weight is 226 g/mol. The molecule has 2 atom stereocenters. The molecule has 0 aromatic rings. The van der Waals surface area contributed by atoms with Crippen LogP contribution in [0.25, 0.3) is 0 Å². The SMILES string of the molecule is CCCN1CCOC(C(N)CC2CCC2)C1. The van der Waals surface area contributed by atoms with Gasteiger partial charge in [0, 0.05) is 19.1 Å². The van der Waals surface area contributed by atoms with E-state index in [1.165, 1.54) is 38.6 Å². The highest BCUT2D eigenvalue weighted by atomic mass is 16.5. The molecule has 2 unspecified atom stereocenters. The molecule has 2 N–H and O–H groups in total. The Morgan fingerprint density at radius 3 is 2.88 bits per heavy atom. The van der Waals surface area contributed by atoms with Gasteiger partial charge in [0.15, 0.2) is 0 Å². The molecular formula is C13H26N2O. The summed E-state index contributed by atoms with van der Waals surface area (Å²) in [6.07, 6.45) is 6.86. The zero-order valence-electron chi connectivity index (χ0n) is 10.5. The molecule has 1 aliphatic carbocycles. The Morgan fingerprint density at radius 2 is 2.25 bits per heavy atom. The molecule has 2 fully saturated rings. The zero-order valence-corrected chi connectivity index (χ0v) is 10.5. The molecular weight excluding hydrogens is 200 g/mol. The third-order valence-electron chi connectivity index (χ3n) is 4.03. The Bertz CT molecular complexity index is 204. The predicted molar refractivity (Wildman–Crippen MR) is 66.4 cm³/mol. The van der Waals surface area contributed by atoms with Crippen molar-refractivity contribution in [3.05, 3.63) is 0 Å². The molecule has 2 aliphatic rings. The third kappa shape index (κ3) is 3.19. The van der Waals surface area contributed by atoms with Crippen LogP contribution in [-0.4, -0.2) is 43.3 Å². The van der Waals surface area contributed by atoms with Crippen molar-refractivity contribution in [1.29, 1.82) is 0 Å². The lowest BCUT2D eigenvalue weighted by Crippen LogP contribution is -2.51. The molecule has 1 saturated heterocycles. The summed E-state index contributed by atoms with van der Waals surface area (Å²) >= 11 is 0.